The van der Waals surface area contributed by atoms with Crippen molar-refractivity contribution in [1.29, 1.82) is 0 Å². The van der Waals surface area contributed by atoms with Crippen LogP contribution in [0.3, 0.4) is 0 Å². The summed E-state index contributed by atoms with van der Waals surface area (Å²) < 4.78 is 0. The molecule has 0 aliphatic heterocycles. The van der Waals surface area contributed by atoms with E-state index in [1.165, 1.54) is 11.8 Å². The number of rotatable bonds is 5. The Kier molecular flexibility index (Phi) is 5.83. The molecule has 1 rings (SSSR count). The number of halogens is 1. The molecule has 0 aliphatic rings. The molecule has 4 nitrogen and oxygen atoms in total. The molecule has 0 aliphatic carbocycles. The minimum Gasteiger partial charge on any atom is -0.352 e. The lowest BCUT2D eigenvalue weighted by atomic mass is 10.2. The maximum atomic E-state index is 11.8. The van der Waals surface area contributed by atoms with Crippen LogP contribution < -0.4 is 10.2 Å². The number of nitrogens with zero attached hydrogens (tertiary/aromatic N) is 1. The molecule has 0 saturated heterocycles. The number of carbonyl (C=O) groups excluding carboxylic acids is 2. The van der Waals surface area contributed by atoms with Crippen LogP contribution in [0.2, 0.25) is 5.02 Å². The third kappa shape index (κ3) is 4.91. The third-order valence-corrected chi connectivity index (χ3v) is 3.09. The molecule has 0 saturated carbocycles. The molecule has 5 heteroatoms. The first-order chi connectivity index (χ1) is 8.93. The molecule has 19 heavy (non-hydrogen) atoms. The van der Waals surface area contributed by atoms with Crippen LogP contribution in [0.1, 0.15) is 27.2 Å². The Morgan fingerprint density at radius 2 is 1.89 bits per heavy atom. The van der Waals surface area contributed by atoms with Gasteiger partial charge in [0.25, 0.3) is 0 Å². The molecule has 0 fully saturated rings. The second kappa shape index (κ2) is 7.14. The van der Waals surface area contributed by atoms with Gasteiger partial charge in [-0.05, 0) is 37.6 Å². The second-order valence-electron chi connectivity index (χ2n) is 4.46. The normalized spacial score (nSPS) is 11.8. The van der Waals surface area contributed by atoms with Gasteiger partial charge in [0.2, 0.25) is 11.8 Å². The number of nitrogens with one attached hydrogen (secondary N) is 1. The fourth-order valence-electron chi connectivity index (χ4n) is 1.57. The van der Waals surface area contributed by atoms with Gasteiger partial charge in [-0.2, -0.15) is 0 Å². The minimum atomic E-state index is -0.179. The van der Waals surface area contributed by atoms with E-state index in [4.69, 9.17) is 11.6 Å². The Hall–Kier alpha value is -1.55. The maximum Gasteiger partial charge on any atom is 0.240 e. The number of anilines is 1. The van der Waals surface area contributed by atoms with Crippen LogP contribution in [-0.4, -0.2) is 24.4 Å². The molecule has 1 N–H and O–H groups in total. The van der Waals surface area contributed by atoms with E-state index < -0.39 is 0 Å². The average molecular weight is 283 g/mol. The molecule has 1 aromatic rings. The molecule has 104 valence electrons. The monoisotopic (exact) mass is 282 g/mol. The van der Waals surface area contributed by atoms with Gasteiger partial charge in [0.15, 0.2) is 0 Å². The van der Waals surface area contributed by atoms with E-state index in [0.717, 1.165) is 6.42 Å². The van der Waals surface area contributed by atoms with Gasteiger partial charge in [0, 0.05) is 23.7 Å². The van der Waals surface area contributed by atoms with Gasteiger partial charge in [0.05, 0.1) is 0 Å². The molecule has 0 radical (unpaired) electrons. The van der Waals surface area contributed by atoms with Gasteiger partial charge >= 0.3 is 0 Å². The summed E-state index contributed by atoms with van der Waals surface area (Å²) in [6.07, 6.45) is 0.854. The SMILES string of the molecule is CCC(C)NC(=O)CN(C(C)=O)c1ccc(Cl)cc1. The van der Waals surface area contributed by atoms with Crippen LogP contribution >= 0.6 is 11.6 Å². The summed E-state index contributed by atoms with van der Waals surface area (Å²) in [5.41, 5.74) is 0.663. The van der Waals surface area contributed by atoms with E-state index in [0.29, 0.717) is 10.7 Å². The van der Waals surface area contributed by atoms with Crippen LogP contribution in [0.15, 0.2) is 24.3 Å². The Morgan fingerprint density at radius 1 is 1.32 bits per heavy atom. The van der Waals surface area contributed by atoms with Crippen molar-refractivity contribution in [2.75, 3.05) is 11.4 Å². The fourth-order valence-corrected chi connectivity index (χ4v) is 1.70. The first-order valence-electron chi connectivity index (χ1n) is 6.27. The quantitative estimate of drug-likeness (QED) is 0.902. The van der Waals surface area contributed by atoms with E-state index in [-0.39, 0.29) is 24.4 Å². The first-order valence-corrected chi connectivity index (χ1v) is 6.64. The third-order valence-electron chi connectivity index (χ3n) is 2.84. The lowest BCUT2D eigenvalue weighted by molar-refractivity contribution is -0.123. The number of hydrogen-bond donors (Lipinski definition) is 1. The lowest BCUT2D eigenvalue weighted by Gasteiger charge is -2.22. The summed E-state index contributed by atoms with van der Waals surface area (Å²) in [6, 6.07) is 6.94. The van der Waals surface area contributed by atoms with E-state index >= 15 is 0 Å². The van der Waals surface area contributed by atoms with Crippen molar-refractivity contribution in [3.8, 4) is 0 Å². The summed E-state index contributed by atoms with van der Waals surface area (Å²) in [4.78, 5) is 24.9. The van der Waals surface area contributed by atoms with Crippen molar-refractivity contribution in [3.63, 3.8) is 0 Å². The molecular weight excluding hydrogens is 264 g/mol. The van der Waals surface area contributed by atoms with Gasteiger partial charge in [-0.25, -0.2) is 0 Å². The Labute approximate surface area is 118 Å². The van der Waals surface area contributed by atoms with Crippen LogP contribution in [0.4, 0.5) is 5.69 Å². The van der Waals surface area contributed by atoms with Crippen molar-refractivity contribution in [3.05, 3.63) is 29.3 Å². The highest BCUT2D eigenvalue weighted by molar-refractivity contribution is 6.30. The Balaban J connectivity index is 2.76. The second-order valence-corrected chi connectivity index (χ2v) is 4.89. The number of benzene rings is 1. The summed E-state index contributed by atoms with van der Waals surface area (Å²) >= 11 is 5.81. The van der Waals surface area contributed by atoms with Gasteiger partial charge < -0.3 is 10.2 Å². The van der Waals surface area contributed by atoms with Crippen LogP contribution in [-0.2, 0) is 9.59 Å². The van der Waals surface area contributed by atoms with Gasteiger partial charge in [-0.3, -0.25) is 9.59 Å². The number of hydrogen-bond acceptors (Lipinski definition) is 2. The van der Waals surface area contributed by atoms with Gasteiger partial charge in [-0.15, -0.1) is 0 Å². The predicted octanol–water partition coefficient (Wildman–Crippen LogP) is 2.61. The standard InChI is InChI=1S/C14H19ClN2O2/c1-4-10(2)16-14(19)9-17(11(3)18)13-7-5-12(15)6-8-13/h5-8,10H,4,9H2,1-3H3,(H,16,19). The van der Waals surface area contributed by atoms with Crippen molar-refractivity contribution >= 4 is 29.1 Å². The lowest BCUT2D eigenvalue weighted by Crippen LogP contribution is -2.42. The minimum absolute atomic E-state index is 0.0152. The molecule has 0 bridgehead atoms. The average Bonchev–Trinajstić information content (AvgIpc) is 2.36. The highest BCUT2D eigenvalue weighted by Crippen LogP contribution is 2.18. The molecular formula is C14H19ClN2O2. The van der Waals surface area contributed by atoms with Crippen LogP contribution in [0, 0.1) is 0 Å². The van der Waals surface area contributed by atoms with Crippen LogP contribution in [0.5, 0.6) is 0 Å². The summed E-state index contributed by atoms with van der Waals surface area (Å²) in [7, 11) is 0. The van der Waals surface area contributed by atoms with E-state index in [2.05, 4.69) is 5.32 Å². The zero-order valence-electron chi connectivity index (χ0n) is 11.4. The van der Waals surface area contributed by atoms with Crippen molar-refractivity contribution < 1.29 is 9.59 Å². The van der Waals surface area contributed by atoms with E-state index in [1.807, 2.05) is 13.8 Å². The molecule has 2 amide bonds. The highest BCUT2D eigenvalue weighted by Gasteiger charge is 2.16. The fraction of sp³-hybridized carbons (Fsp3) is 0.429. The first kappa shape index (κ1) is 15.5. The maximum absolute atomic E-state index is 11.8. The van der Waals surface area contributed by atoms with E-state index in [9.17, 15) is 9.59 Å². The smallest absolute Gasteiger partial charge is 0.240 e. The van der Waals surface area contributed by atoms with Gasteiger partial charge in [-0.1, -0.05) is 18.5 Å². The summed E-state index contributed by atoms with van der Waals surface area (Å²) in [5, 5.41) is 3.43. The number of amides is 2. The Bertz CT molecular complexity index is 445. The van der Waals surface area contributed by atoms with Crippen molar-refractivity contribution in [1.82, 2.24) is 5.32 Å². The van der Waals surface area contributed by atoms with Crippen molar-refractivity contribution in [2.45, 2.75) is 33.2 Å². The summed E-state index contributed by atoms with van der Waals surface area (Å²) in [5.74, 6) is -0.346. The molecule has 0 spiro atoms. The zero-order valence-corrected chi connectivity index (χ0v) is 12.2. The zero-order chi connectivity index (χ0) is 14.4. The van der Waals surface area contributed by atoms with Crippen LogP contribution in [0.25, 0.3) is 0 Å². The van der Waals surface area contributed by atoms with Gasteiger partial charge in [0.1, 0.15) is 6.54 Å². The topological polar surface area (TPSA) is 49.4 Å². The largest absolute Gasteiger partial charge is 0.352 e. The Morgan fingerprint density at radius 3 is 2.37 bits per heavy atom. The molecule has 1 aromatic carbocycles. The van der Waals surface area contributed by atoms with E-state index in [1.54, 1.807) is 24.3 Å². The van der Waals surface area contributed by atoms with Crippen molar-refractivity contribution in [2.24, 2.45) is 0 Å². The predicted molar refractivity (Wildman–Crippen MR) is 77.4 cm³/mol. The molecule has 1 atom stereocenters. The number of carbonyl (C=O) groups is 2. The highest BCUT2D eigenvalue weighted by atomic mass is 35.5. The molecule has 0 heterocycles. The molecule has 0 aromatic heterocycles. The summed E-state index contributed by atoms with van der Waals surface area (Å²) in [6.45, 7) is 5.37. The molecule has 1 unspecified atom stereocenters.